The third kappa shape index (κ3) is 1.89. The summed E-state index contributed by atoms with van der Waals surface area (Å²) in [5.74, 6) is 3.94. The summed E-state index contributed by atoms with van der Waals surface area (Å²) in [5, 5.41) is 8.89. The fourth-order valence-electron chi connectivity index (χ4n) is 5.57. The standard InChI is InChI=1S/C16H21N3/c17-2-1-15-18-3-4-19(15)11-16-8-12-5-13(9-16)7-14(6-12)10-16/h3-4,12-14H,1,5-11H2. The van der Waals surface area contributed by atoms with Gasteiger partial charge < -0.3 is 4.57 Å². The molecule has 0 spiro atoms. The Labute approximate surface area is 114 Å². The van der Waals surface area contributed by atoms with Crippen molar-refractivity contribution in [3.8, 4) is 6.07 Å². The molecule has 3 nitrogen and oxygen atoms in total. The van der Waals surface area contributed by atoms with Crippen LogP contribution in [-0.4, -0.2) is 9.55 Å². The first-order valence-corrected chi connectivity index (χ1v) is 7.63. The van der Waals surface area contributed by atoms with Crippen molar-refractivity contribution in [3.63, 3.8) is 0 Å². The predicted molar refractivity (Wildman–Crippen MR) is 72.1 cm³/mol. The molecule has 1 aromatic heterocycles. The van der Waals surface area contributed by atoms with Crippen molar-refractivity contribution in [3.05, 3.63) is 18.2 Å². The molecule has 1 heterocycles. The Morgan fingerprint density at radius 1 is 1.21 bits per heavy atom. The van der Waals surface area contributed by atoms with Crippen LogP contribution in [0.15, 0.2) is 12.4 Å². The van der Waals surface area contributed by atoms with Crippen molar-refractivity contribution in [2.24, 2.45) is 23.2 Å². The topological polar surface area (TPSA) is 41.6 Å². The Morgan fingerprint density at radius 2 is 1.84 bits per heavy atom. The third-order valence-corrected chi connectivity index (χ3v) is 5.71. The van der Waals surface area contributed by atoms with Gasteiger partial charge >= 0.3 is 0 Å². The highest BCUT2D eigenvalue weighted by molar-refractivity contribution is 5.05. The van der Waals surface area contributed by atoms with Crippen molar-refractivity contribution in [2.45, 2.75) is 51.5 Å². The molecule has 0 saturated heterocycles. The summed E-state index contributed by atoms with van der Waals surface area (Å²) in [5.41, 5.74) is 0.527. The highest BCUT2D eigenvalue weighted by atomic mass is 15.1. The number of rotatable bonds is 3. The quantitative estimate of drug-likeness (QED) is 0.832. The molecule has 3 heteroatoms. The molecule has 0 aliphatic heterocycles. The smallest absolute Gasteiger partial charge is 0.122 e. The first-order chi connectivity index (χ1) is 9.26. The lowest BCUT2D eigenvalue weighted by Crippen LogP contribution is -2.48. The molecular weight excluding hydrogens is 234 g/mol. The van der Waals surface area contributed by atoms with Crippen LogP contribution in [0.4, 0.5) is 0 Å². The molecule has 5 rings (SSSR count). The molecule has 4 saturated carbocycles. The summed E-state index contributed by atoms with van der Waals surface area (Å²) in [6, 6.07) is 2.24. The van der Waals surface area contributed by atoms with Gasteiger partial charge in [-0.15, -0.1) is 0 Å². The van der Waals surface area contributed by atoms with E-state index < -0.39 is 0 Å². The predicted octanol–water partition coefficient (Wildman–Crippen LogP) is 3.17. The van der Waals surface area contributed by atoms with E-state index in [1.807, 2.05) is 6.20 Å². The summed E-state index contributed by atoms with van der Waals surface area (Å²) in [4.78, 5) is 4.34. The Kier molecular flexibility index (Phi) is 2.48. The summed E-state index contributed by atoms with van der Waals surface area (Å²) in [6.45, 7) is 1.10. The number of aromatic nitrogens is 2. The van der Waals surface area contributed by atoms with Crippen molar-refractivity contribution in [1.29, 1.82) is 5.26 Å². The third-order valence-electron chi connectivity index (χ3n) is 5.71. The maximum absolute atomic E-state index is 8.89. The second-order valence-electron chi connectivity index (χ2n) is 7.22. The molecule has 0 amide bonds. The molecule has 0 radical (unpaired) electrons. The van der Waals surface area contributed by atoms with Crippen LogP contribution in [-0.2, 0) is 13.0 Å². The molecule has 0 N–H and O–H groups in total. The van der Waals surface area contributed by atoms with Crippen LogP contribution in [0.1, 0.15) is 44.3 Å². The largest absolute Gasteiger partial charge is 0.334 e. The van der Waals surface area contributed by atoms with Gasteiger partial charge in [-0.25, -0.2) is 4.98 Å². The van der Waals surface area contributed by atoms with Crippen molar-refractivity contribution in [2.75, 3.05) is 0 Å². The van der Waals surface area contributed by atoms with E-state index in [-0.39, 0.29) is 0 Å². The van der Waals surface area contributed by atoms with Gasteiger partial charge in [0.1, 0.15) is 5.82 Å². The van der Waals surface area contributed by atoms with E-state index in [0.29, 0.717) is 11.8 Å². The van der Waals surface area contributed by atoms with Gasteiger partial charge in [0, 0.05) is 18.9 Å². The maximum atomic E-state index is 8.89. The van der Waals surface area contributed by atoms with E-state index in [4.69, 9.17) is 5.26 Å². The molecule has 4 bridgehead atoms. The monoisotopic (exact) mass is 255 g/mol. The lowest BCUT2D eigenvalue weighted by atomic mass is 9.49. The van der Waals surface area contributed by atoms with Gasteiger partial charge in [-0.1, -0.05) is 0 Å². The zero-order valence-electron chi connectivity index (χ0n) is 11.4. The highest BCUT2D eigenvalue weighted by Crippen LogP contribution is 2.60. The summed E-state index contributed by atoms with van der Waals surface area (Å²) >= 11 is 0. The minimum atomic E-state index is 0.444. The van der Waals surface area contributed by atoms with E-state index in [9.17, 15) is 0 Å². The van der Waals surface area contributed by atoms with E-state index in [1.165, 1.54) is 38.5 Å². The number of nitrogens with zero attached hydrogens (tertiary/aromatic N) is 3. The van der Waals surface area contributed by atoms with Crippen LogP contribution in [0.2, 0.25) is 0 Å². The maximum Gasteiger partial charge on any atom is 0.122 e. The number of nitriles is 1. The minimum absolute atomic E-state index is 0.444. The van der Waals surface area contributed by atoms with Crippen LogP contribution >= 0.6 is 0 Å². The minimum Gasteiger partial charge on any atom is -0.334 e. The van der Waals surface area contributed by atoms with E-state index >= 15 is 0 Å². The van der Waals surface area contributed by atoms with Crippen LogP contribution < -0.4 is 0 Å². The molecule has 19 heavy (non-hydrogen) atoms. The van der Waals surface area contributed by atoms with Crippen molar-refractivity contribution >= 4 is 0 Å². The van der Waals surface area contributed by atoms with Gasteiger partial charge in [-0.2, -0.15) is 5.26 Å². The van der Waals surface area contributed by atoms with Gasteiger partial charge in [0.05, 0.1) is 12.5 Å². The summed E-state index contributed by atoms with van der Waals surface area (Å²) in [7, 11) is 0. The average molecular weight is 255 g/mol. The van der Waals surface area contributed by atoms with Crippen LogP contribution in [0, 0.1) is 34.5 Å². The van der Waals surface area contributed by atoms with Crippen LogP contribution in [0.25, 0.3) is 0 Å². The van der Waals surface area contributed by atoms with Gasteiger partial charge in [0.15, 0.2) is 0 Å². The van der Waals surface area contributed by atoms with Gasteiger partial charge in [-0.3, -0.25) is 0 Å². The van der Waals surface area contributed by atoms with Crippen molar-refractivity contribution < 1.29 is 0 Å². The molecule has 0 aromatic carbocycles. The molecule has 100 valence electrons. The molecule has 4 aliphatic rings. The summed E-state index contributed by atoms with van der Waals surface area (Å²) < 4.78 is 2.26. The van der Waals surface area contributed by atoms with Gasteiger partial charge in [0.25, 0.3) is 0 Å². The second kappa shape index (κ2) is 4.10. The Bertz CT molecular complexity index is 487. The van der Waals surface area contributed by atoms with E-state index in [2.05, 4.69) is 21.8 Å². The van der Waals surface area contributed by atoms with Gasteiger partial charge in [0.2, 0.25) is 0 Å². The number of imidazole rings is 1. The zero-order chi connectivity index (χ0) is 12.9. The molecule has 4 aliphatic carbocycles. The van der Waals surface area contributed by atoms with Crippen LogP contribution in [0.5, 0.6) is 0 Å². The number of hydrogen-bond acceptors (Lipinski definition) is 2. The SMILES string of the molecule is N#CCc1nccn1CC12CC3CC(CC(C3)C1)C2. The van der Waals surface area contributed by atoms with Gasteiger partial charge in [-0.05, 0) is 61.7 Å². The van der Waals surface area contributed by atoms with Crippen LogP contribution in [0.3, 0.4) is 0 Å². The molecule has 0 atom stereocenters. The molecule has 1 aromatic rings. The lowest BCUT2D eigenvalue weighted by Gasteiger charge is -2.57. The Morgan fingerprint density at radius 3 is 2.42 bits per heavy atom. The van der Waals surface area contributed by atoms with Crippen molar-refractivity contribution in [1.82, 2.24) is 9.55 Å². The first-order valence-electron chi connectivity index (χ1n) is 7.63. The Hall–Kier alpha value is -1.30. The average Bonchev–Trinajstić information content (AvgIpc) is 2.74. The molecule has 0 unspecified atom stereocenters. The lowest BCUT2D eigenvalue weighted by molar-refractivity contribution is -0.0622. The first kappa shape index (κ1) is 11.5. The fourth-order valence-corrected chi connectivity index (χ4v) is 5.57. The Balaban J connectivity index is 1.59. The fraction of sp³-hybridized carbons (Fsp3) is 0.750. The second-order valence-corrected chi connectivity index (χ2v) is 7.22. The highest BCUT2D eigenvalue weighted by Gasteiger charge is 2.50. The normalized spacial score (nSPS) is 39.4. The summed E-state index contributed by atoms with van der Waals surface area (Å²) in [6.07, 6.45) is 13.1. The molecule has 4 fully saturated rings. The zero-order valence-corrected chi connectivity index (χ0v) is 11.4. The number of hydrogen-bond donors (Lipinski definition) is 0. The van der Waals surface area contributed by atoms with E-state index in [0.717, 1.165) is 30.1 Å². The van der Waals surface area contributed by atoms with E-state index in [1.54, 1.807) is 0 Å². The molecular formula is C16H21N3.